The Morgan fingerprint density at radius 1 is 1.06 bits per heavy atom. The Labute approximate surface area is 106 Å². The van der Waals surface area contributed by atoms with Gasteiger partial charge in [-0.1, -0.05) is 46.8 Å². The molecule has 0 spiro atoms. The van der Waals surface area contributed by atoms with Gasteiger partial charge in [0.25, 0.3) is 0 Å². The molecule has 0 atom stereocenters. The van der Waals surface area contributed by atoms with E-state index in [4.69, 9.17) is 4.74 Å². The van der Waals surface area contributed by atoms with Crippen LogP contribution in [0.1, 0.15) is 52.2 Å². The van der Waals surface area contributed by atoms with Crippen molar-refractivity contribution in [2.24, 2.45) is 5.41 Å². The zero-order valence-electron chi connectivity index (χ0n) is 12.3. The summed E-state index contributed by atoms with van der Waals surface area (Å²) < 4.78 is 5.31. The number of aryl methyl sites for hydroxylation is 1. The molecule has 0 radical (unpaired) electrons. The van der Waals surface area contributed by atoms with E-state index in [0.29, 0.717) is 5.41 Å². The molecule has 0 aliphatic rings. The molecule has 0 unspecified atom stereocenters. The van der Waals surface area contributed by atoms with Gasteiger partial charge < -0.3 is 4.74 Å². The van der Waals surface area contributed by atoms with Crippen molar-refractivity contribution in [1.82, 2.24) is 0 Å². The zero-order chi connectivity index (χ0) is 13.3. The predicted octanol–water partition coefficient (Wildman–Crippen LogP) is 4.72. The summed E-state index contributed by atoms with van der Waals surface area (Å²) in [6.07, 6.45) is 1.17. The molecule has 96 valence electrons. The summed E-state index contributed by atoms with van der Waals surface area (Å²) in [4.78, 5) is 0. The maximum absolute atomic E-state index is 5.31. The summed E-state index contributed by atoms with van der Waals surface area (Å²) in [5, 5.41) is 0. The van der Waals surface area contributed by atoms with Gasteiger partial charge in [0.15, 0.2) is 0 Å². The Hall–Kier alpha value is -0.980. The maximum Gasteiger partial charge on any atom is 0.121 e. The molecule has 0 saturated heterocycles. The van der Waals surface area contributed by atoms with Gasteiger partial charge in [-0.2, -0.15) is 0 Å². The number of ether oxygens (including phenoxy) is 1. The monoisotopic (exact) mass is 234 g/mol. The van der Waals surface area contributed by atoms with Gasteiger partial charge in [0.1, 0.15) is 5.75 Å². The van der Waals surface area contributed by atoms with Crippen molar-refractivity contribution in [2.75, 3.05) is 7.11 Å². The molecule has 1 aromatic rings. The van der Waals surface area contributed by atoms with Gasteiger partial charge in [0.2, 0.25) is 0 Å². The molecule has 0 fully saturated rings. The summed E-state index contributed by atoms with van der Waals surface area (Å²) >= 11 is 0. The van der Waals surface area contributed by atoms with Crippen molar-refractivity contribution in [3.63, 3.8) is 0 Å². The fourth-order valence-electron chi connectivity index (χ4n) is 2.73. The summed E-state index contributed by atoms with van der Waals surface area (Å²) in [5.41, 5.74) is 3.16. The van der Waals surface area contributed by atoms with Crippen molar-refractivity contribution < 1.29 is 4.74 Å². The molecule has 0 aliphatic heterocycles. The smallest absolute Gasteiger partial charge is 0.121 e. The average Bonchev–Trinajstić information content (AvgIpc) is 2.13. The summed E-state index contributed by atoms with van der Waals surface area (Å²) in [6, 6.07) is 6.53. The Morgan fingerprint density at radius 3 is 2.06 bits per heavy atom. The molecule has 0 N–H and O–H groups in total. The first-order valence-corrected chi connectivity index (χ1v) is 6.31. The minimum absolute atomic E-state index is 0.204. The fraction of sp³-hybridized carbons (Fsp3) is 0.625. The van der Waals surface area contributed by atoms with Crippen LogP contribution in [0.5, 0.6) is 5.75 Å². The van der Waals surface area contributed by atoms with Crippen molar-refractivity contribution in [3.05, 3.63) is 29.3 Å². The van der Waals surface area contributed by atoms with Crippen molar-refractivity contribution in [1.29, 1.82) is 0 Å². The lowest BCUT2D eigenvalue weighted by molar-refractivity contribution is 0.284. The van der Waals surface area contributed by atoms with Crippen LogP contribution in [-0.2, 0) is 5.41 Å². The molecule has 0 heterocycles. The van der Waals surface area contributed by atoms with E-state index in [2.05, 4.69) is 59.7 Å². The van der Waals surface area contributed by atoms with Crippen LogP contribution in [0, 0.1) is 12.3 Å². The molecule has 1 aromatic carbocycles. The Morgan fingerprint density at radius 2 is 1.65 bits per heavy atom. The fourth-order valence-corrected chi connectivity index (χ4v) is 2.73. The van der Waals surface area contributed by atoms with E-state index in [-0.39, 0.29) is 5.41 Å². The van der Waals surface area contributed by atoms with Crippen LogP contribution in [0.4, 0.5) is 0 Å². The molecular formula is C16H26O. The van der Waals surface area contributed by atoms with Crippen molar-refractivity contribution >= 4 is 0 Å². The van der Waals surface area contributed by atoms with Crippen LogP contribution in [0.3, 0.4) is 0 Å². The molecule has 17 heavy (non-hydrogen) atoms. The Kier molecular flexibility index (Phi) is 3.91. The SMILES string of the molecule is COc1ccc(C(C)(C)CC(C)(C)C)cc1C. The largest absolute Gasteiger partial charge is 0.496 e. The summed E-state index contributed by atoms with van der Waals surface area (Å²) in [5.74, 6) is 0.973. The second-order valence-electron chi connectivity index (χ2n) is 6.81. The first kappa shape index (κ1) is 14.1. The quantitative estimate of drug-likeness (QED) is 0.735. The number of rotatable bonds is 3. The number of hydrogen-bond acceptors (Lipinski definition) is 1. The standard InChI is InChI=1S/C16H26O/c1-12-10-13(8-9-14(12)17-7)16(5,6)11-15(2,3)4/h8-10H,11H2,1-7H3. The highest BCUT2D eigenvalue weighted by Gasteiger charge is 2.27. The topological polar surface area (TPSA) is 9.23 Å². The van der Waals surface area contributed by atoms with Gasteiger partial charge >= 0.3 is 0 Å². The molecule has 0 saturated carbocycles. The lowest BCUT2D eigenvalue weighted by atomic mass is 9.72. The third-order valence-electron chi connectivity index (χ3n) is 3.15. The Bertz CT molecular complexity index is 383. The molecule has 1 rings (SSSR count). The van der Waals surface area contributed by atoms with Crippen LogP contribution in [-0.4, -0.2) is 7.11 Å². The van der Waals surface area contributed by atoms with Crippen molar-refractivity contribution in [3.8, 4) is 5.75 Å². The van der Waals surface area contributed by atoms with Gasteiger partial charge in [-0.3, -0.25) is 0 Å². The second-order valence-corrected chi connectivity index (χ2v) is 6.81. The molecule has 0 amide bonds. The van der Waals surface area contributed by atoms with Gasteiger partial charge in [0.05, 0.1) is 7.11 Å². The third-order valence-corrected chi connectivity index (χ3v) is 3.15. The zero-order valence-corrected chi connectivity index (χ0v) is 12.3. The van der Waals surface area contributed by atoms with E-state index in [1.165, 1.54) is 17.5 Å². The number of methoxy groups -OCH3 is 1. The highest BCUT2D eigenvalue weighted by atomic mass is 16.5. The molecule has 0 aliphatic carbocycles. The molecule has 0 aromatic heterocycles. The van der Waals surface area contributed by atoms with Crippen LogP contribution in [0.2, 0.25) is 0 Å². The van der Waals surface area contributed by atoms with Crippen molar-refractivity contribution in [2.45, 2.75) is 53.4 Å². The lowest BCUT2D eigenvalue weighted by Crippen LogP contribution is -2.24. The average molecular weight is 234 g/mol. The van der Waals surface area contributed by atoms with Crippen LogP contribution in [0.15, 0.2) is 18.2 Å². The van der Waals surface area contributed by atoms with Gasteiger partial charge in [-0.15, -0.1) is 0 Å². The first-order chi connectivity index (χ1) is 7.65. The molecule has 1 nitrogen and oxygen atoms in total. The van der Waals surface area contributed by atoms with Crippen LogP contribution in [0.25, 0.3) is 0 Å². The Balaban J connectivity index is 3.03. The van der Waals surface area contributed by atoms with Gasteiger partial charge in [-0.25, -0.2) is 0 Å². The lowest BCUT2D eigenvalue weighted by Gasteiger charge is -2.33. The highest BCUT2D eigenvalue weighted by Crippen LogP contribution is 2.37. The van der Waals surface area contributed by atoms with E-state index in [0.717, 1.165) is 5.75 Å². The van der Waals surface area contributed by atoms with E-state index in [9.17, 15) is 0 Å². The van der Waals surface area contributed by atoms with E-state index < -0.39 is 0 Å². The molecular weight excluding hydrogens is 208 g/mol. The van der Waals surface area contributed by atoms with E-state index in [1.807, 2.05) is 0 Å². The second kappa shape index (κ2) is 4.72. The van der Waals surface area contributed by atoms with E-state index in [1.54, 1.807) is 7.11 Å². The number of benzene rings is 1. The molecule has 0 bridgehead atoms. The highest BCUT2D eigenvalue weighted by molar-refractivity contribution is 5.39. The maximum atomic E-state index is 5.31. The number of hydrogen-bond donors (Lipinski definition) is 0. The summed E-state index contributed by atoms with van der Waals surface area (Å²) in [6.45, 7) is 13.6. The van der Waals surface area contributed by atoms with Crippen LogP contribution < -0.4 is 4.74 Å². The normalized spacial score (nSPS) is 12.6. The van der Waals surface area contributed by atoms with E-state index >= 15 is 0 Å². The predicted molar refractivity (Wildman–Crippen MR) is 74.8 cm³/mol. The van der Waals surface area contributed by atoms with Gasteiger partial charge in [-0.05, 0) is 41.4 Å². The first-order valence-electron chi connectivity index (χ1n) is 6.31. The third kappa shape index (κ3) is 3.76. The summed E-state index contributed by atoms with van der Waals surface area (Å²) in [7, 11) is 1.72. The van der Waals surface area contributed by atoms with Crippen LogP contribution >= 0.6 is 0 Å². The van der Waals surface area contributed by atoms with Gasteiger partial charge in [0, 0.05) is 0 Å². The minimum atomic E-state index is 0.204. The molecule has 1 heteroatoms. The minimum Gasteiger partial charge on any atom is -0.496 e.